The fourth-order valence-electron chi connectivity index (χ4n) is 5.54. The molecule has 2 fully saturated rings. The zero-order chi connectivity index (χ0) is 23.9. The number of likely N-dealkylation sites (tertiary alicyclic amines) is 1. The van der Waals surface area contributed by atoms with E-state index in [4.69, 9.17) is 4.74 Å². The Balaban J connectivity index is 1.14. The molecule has 2 aromatic rings. The van der Waals surface area contributed by atoms with Gasteiger partial charge in [-0.15, -0.1) is 0 Å². The molecule has 7 heteroatoms. The SMILES string of the molecule is CC1(C(=O)O)CCCCN1C(=O)[C@@H]1C[C@@H]1CNC(=O)OCC1c2ccccc2-c2ccccc21. The lowest BCUT2D eigenvalue weighted by Gasteiger charge is -2.41. The molecule has 1 heterocycles. The van der Waals surface area contributed by atoms with Crippen LogP contribution in [0.15, 0.2) is 48.5 Å². The number of nitrogens with zero attached hydrogens (tertiary/aromatic N) is 1. The number of carboxylic acid groups (broad SMARTS) is 1. The lowest BCUT2D eigenvalue weighted by molar-refractivity contribution is -0.161. The number of piperidine rings is 1. The van der Waals surface area contributed by atoms with Gasteiger partial charge in [0.05, 0.1) is 0 Å². The highest BCUT2D eigenvalue weighted by Gasteiger charge is 2.51. The first-order chi connectivity index (χ1) is 16.4. The molecule has 2 N–H and O–H groups in total. The molecule has 1 saturated carbocycles. The smallest absolute Gasteiger partial charge is 0.407 e. The Hall–Kier alpha value is -3.35. The molecule has 7 nitrogen and oxygen atoms in total. The van der Waals surface area contributed by atoms with E-state index in [2.05, 4.69) is 29.6 Å². The van der Waals surface area contributed by atoms with Gasteiger partial charge in [-0.25, -0.2) is 9.59 Å². The van der Waals surface area contributed by atoms with Gasteiger partial charge in [-0.3, -0.25) is 4.79 Å². The summed E-state index contributed by atoms with van der Waals surface area (Å²) in [5, 5.41) is 12.5. The number of alkyl carbamates (subject to hydrolysis) is 1. The van der Waals surface area contributed by atoms with Crippen LogP contribution in [0.3, 0.4) is 0 Å². The topological polar surface area (TPSA) is 95.9 Å². The number of ether oxygens (including phenoxy) is 1. The first kappa shape index (κ1) is 22.4. The highest BCUT2D eigenvalue weighted by atomic mass is 16.5. The van der Waals surface area contributed by atoms with Gasteiger partial charge in [-0.1, -0.05) is 48.5 Å². The third-order valence-electron chi connectivity index (χ3n) is 7.71. The van der Waals surface area contributed by atoms with Crippen LogP contribution in [0.2, 0.25) is 0 Å². The van der Waals surface area contributed by atoms with Crippen molar-refractivity contribution >= 4 is 18.0 Å². The van der Waals surface area contributed by atoms with E-state index in [0.29, 0.717) is 25.9 Å². The van der Waals surface area contributed by atoms with E-state index in [9.17, 15) is 19.5 Å². The normalized spacial score (nSPS) is 25.3. The van der Waals surface area contributed by atoms with Crippen LogP contribution in [-0.2, 0) is 14.3 Å². The maximum absolute atomic E-state index is 13.0. The minimum atomic E-state index is -1.14. The van der Waals surface area contributed by atoms with E-state index >= 15 is 0 Å². The van der Waals surface area contributed by atoms with Crippen LogP contribution in [0.1, 0.15) is 49.7 Å². The molecule has 0 aromatic heterocycles. The Morgan fingerprint density at radius 3 is 2.35 bits per heavy atom. The van der Waals surface area contributed by atoms with Crippen LogP contribution in [-0.4, -0.2) is 53.2 Å². The maximum atomic E-state index is 13.0. The highest BCUT2D eigenvalue weighted by molar-refractivity contribution is 5.89. The van der Waals surface area contributed by atoms with Crippen LogP contribution in [0.4, 0.5) is 4.79 Å². The third kappa shape index (κ3) is 3.93. The second-order valence-electron chi connectivity index (χ2n) is 9.83. The number of carboxylic acids is 1. The fourth-order valence-corrected chi connectivity index (χ4v) is 5.54. The molecule has 178 valence electrons. The van der Waals surface area contributed by atoms with Crippen molar-refractivity contribution in [3.05, 3.63) is 59.7 Å². The molecular formula is C27H30N2O5. The van der Waals surface area contributed by atoms with E-state index in [1.807, 2.05) is 24.3 Å². The van der Waals surface area contributed by atoms with Gasteiger partial charge in [0, 0.05) is 24.9 Å². The second kappa shape index (κ2) is 8.78. The molecule has 2 aliphatic carbocycles. The molecule has 2 aromatic carbocycles. The van der Waals surface area contributed by atoms with Crippen LogP contribution in [0.5, 0.6) is 0 Å². The Kier molecular flexibility index (Phi) is 5.80. The average molecular weight is 463 g/mol. The fraction of sp³-hybridized carbons (Fsp3) is 0.444. The van der Waals surface area contributed by atoms with E-state index in [0.717, 1.165) is 24.0 Å². The first-order valence-electron chi connectivity index (χ1n) is 12.0. The van der Waals surface area contributed by atoms with Gasteiger partial charge in [-0.05, 0) is 60.8 Å². The number of carbonyl (C=O) groups excluding carboxylic acids is 2. The number of carbonyl (C=O) groups is 3. The number of benzene rings is 2. The molecule has 1 unspecified atom stereocenters. The third-order valence-corrected chi connectivity index (χ3v) is 7.71. The minimum Gasteiger partial charge on any atom is -0.480 e. The summed E-state index contributed by atoms with van der Waals surface area (Å²) in [6.07, 6.45) is 2.28. The van der Waals surface area contributed by atoms with Gasteiger partial charge >= 0.3 is 12.1 Å². The first-order valence-corrected chi connectivity index (χ1v) is 12.0. The maximum Gasteiger partial charge on any atom is 0.407 e. The van der Waals surface area contributed by atoms with Crippen molar-refractivity contribution < 1.29 is 24.2 Å². The molecule has 0 spiro atoms. The minimum absolute atomic E-state index is 0.00111. The predicted molar refractivity (Wildman–Crippen MR) is 126 cm³/mol. The zero-order valence-electron chi connectivity index (χ0n) is 19.3. The number of rotatable bonds is 6. The van der Waals surface area contributed by atoms with Crippen molar-refractivity contribution in [2.24, 2.45) is 11.8 Å². The van der Waals surface area contributed by atoms with Gasteiger partial charge in [0.15, 0.2) is 0 Å². The van der Waals surface area contributed by atoms with Crippen LogP contribution in [0.25, 0.3) is 11.1 Å². The summed E-state index contributed by atoms with van der Waals surface area (Å²) in [4.78, 5) is 38.7. The number of nitrogens with one attached hydrogen (secondary N) is 1. The van der Waals surface area contributed by atoms with E-state index in [-0.39, 0.29) is 30.3 Å². The van der Waals surface area contributed by atoms with Crippen LogP contribution >= 0.6 is 0 Å². The second-order valence-corrected chi connectivity index (χ2v) is 9.83. The predicted octanol–water partition coefficient (Wildman–Crippen LogP) is 4.02. The van der Waals surface area contributed by atoms with Gasteiger partial charge in [0.1, 0.15) is 12.1 Å². The summed E-state index contributed by atoms with van der Waals surface area (Å²) in [6, 6.07) is 16.4. The lowest BCUT2D eigenvalue weighted by atomic mass is 9.88. The number of aliphatic carboxylic acids is 1. The average Bonchev–Trinajstić information content (AvgIpc) is 3.56. The lowest BCUT2D eigenvalue weighted by Crippen LogP contribution is -2.58. The Morgan fingerprint density at radius 2 is 1.71 bits per heavy atom. The Morgan fingerprint density at radius 1 is 1.06 bits per heavy atom. The molecule has 2 amide bonds. The quantitative estimate of drug-likeness (QED) is 0.676. The van der Waals surface area contributed by atoms with Crippen molar-refractivity contribution in [3.8, 4) is 11.1 Å². The van der Waals surface area contributed by atoms with Crippen molar-refractivity contribution in [1.29, 1.82) is 0 Å². The van der Waals surface area contributed by atoms with Crippen molar-refractivity contribution in [2.45, 2.75) is 44.1 Å². The van der Waals surface area contributed by atoms with Crippen molar-refractivity contribution in [2.75, 3.05) is 19.7 Å². The summed E-state index contributed by atoms with van der Waals surface area (Å²) >= 11 is 0. The molecule has 0 bridgehead atoms. The largest absolute Gasteiger partial charge is 0.480 e. The van der Waals surface area contributed by atoms with Gasteiger partial charge in [0.25, 0.3) is 0 Å². The number of fused-ring (bicyclic) bond motifs is 3. The van der Waals surface area contributed by atoms with E-state index in [1.165, 1.54) is 16.0 Å². The zero-order valence-corrected chi connectivity index (χ0v) is 19.3. The molecule has 3 atom stereocenters. The molecule has 3 aliphatic rings. The summed E-state index contributed by atoms with van der Waals surface area (Å²) in [5.74, 6) is -1.27. The number of hydrogen-bond acceptors (Lipinski definition) is 4. The summed E-state index contributed by atoms with van der Waals surface area (Å²) in [6.45, 7) is 2.71. The monoisotopic (exact) mass is 462 g/mol. The van der Waals surface area contributed by atoms with Crippen LogP contribution < -0.4 is 5.32 Å². The van der Waals surface area contributed by atoms with Gasteiger partial charge < -0.3 is 20.1 Å². The van der Waals surface area contributed by atoms with Crippen LogP contribution in [0, 0.1) is 11.8 Å². The summed E-state index contributed by atoms with van der Waals surface area (Å²) < 4.78 is 5.57. The molecular weight excluding hydrogens is 432 g/mol. The van der Waals surface area contributed by atoms with Gasteiger partial charge in [0.2, 0.25) is 5.91 Å². The van der Waals surface area contributed by atoms with E-state index < -0.39 is 17.6 Å². The van der Waals surface area contributed by atoms with Crippen molar-refractivity contribution in [3.63, 3.8) is 0 Å². The molecule has 34 heavy (non-hydrogen) atoms. The van der Waals surface area contributed by atoms with Gasteiger partial charge in [-0.2, -0.15) is 0 Å². The Bertz CT molecular complexity index is 1090. The Labute approximate surface area is 199 Å². The molecule has 1 aliphatic heterocycles. The highest BCUT2D eigenvalue weighted by Crippen LogP contribution is 2.45. The summed E-state index contributed by atoms with van der Waals surface area (Å²) in [5.41, 5.74) is 3.54. The molecule has 0 radical (unpaired) electrons. The standard InChI is InChI=1S/C27H30N2O5/c1-27(25(31)32)12-6-7-13-29(27)24(30)22-14-17(22)15-28-26(33)34-16-23-20-10-4-2-8-18(20)19-9-3-5-11-21(19)23/h2-5,8-11,17,22-23H,6-7,12-16H2,1H3,(H,28,33)(H,31,32)/t17-,22-,27?/m1/s1. The molecule has 1 saturated heterocycles. The van der Waals surface area contributed by atoms with E-state index in [1.54, 1.807) is 6.92 Å². The molecule has 5 rings (SSSR count). The number of hydrogen-bond donors (Lipinski definition) is 2. The number of amides is 2. The van der Waals surface area contributed by atoms with Crippen molar-refractivity contribution in [1.82, 2.24) is 10.2 Å². The summed E-state index contributed by atoms with van der Waals surface area (Å²) in [7, 11) is 0.